The number of aromatic nitrogens is 2. The second kappa shape index (κ2) is 6.83. The summed E-state index contributed by atoms with van der Waals surface area (Å²) in [6.45, 7) is 0. The largest absolute Gasteiger partial charge is 0.435 e. The summed E-state index contributed by atoms with van der Waals surface area (Å²) in [6.07, 6.45) is 2.66. The van der Waals surface area contributed by atoms with Gasteiger partial charge in [0.2, 0.25) is 15.7 Å². The summed E-state index contributed by atoms with van der Waals surface area (Å²) in [5, 5.41) is 0.426. The summed E-state index contributed by atoms with van der Waals surface area (Å²) in [7, 11) is -2.09. The number of fused-ring (bicyclic) bond motifs is 1. The summed E-state index contributed by atoms with van der Waals surface area (Å²) >= 11 is 2.10. The molecule has 3 rings (SSSR count). The Morgan fingerprint density at radius 3 is 2.65 bits per heavy atom. The molecule has 0 aromatic carbocycles. The second-order valence-corrected chi connectivity index (χ2v) is 8.35. The van der Waals surface area contributed by atoms with Gasteiger partial charge < -0.3 is 10.2 Å². The first-order valence-electron chi connectivity index (χ1n) is 7.41. The van der Waals surface area contributed by atoms with Crippen molar-refractivity contribution in [3.05, 3.63) is 41.6 Å². The molecule has 0 unspecified atom stereocenters. The molecule has 3 heterocycles. The van der Waals surface area contributed by atoms with E-state index in [0.29, 0.717) is 21.1 Å². The summed E-state index contributed by atoms with van der Waals surface area (Å²) in [4.78, 5) is 20.6. The van der Waals surface area contributed by atoms with E-state index in [1.54, 1.807) is 30.5 Å². The van der Waals surface area contributed by atoms with Gasteiger partial charge in [0.25, 0.3) is 5.91 Å². The zero-order valence-electron chi connectivity index (χ0n) is 13.9. The first kappa shape index (κ1) is 18.6. The average molecular weight is 486 g/mol. The maximum Gasteiger partial charge on any atom is 0.253 e. The van der Waals surface area contributed by atoms with Crippen molar-refractivity contribution < 1.29 is 17.6 Å². The number of hydrogen-bond donors (Lipinski definition) is 1. The third-order valence-electron chi connectivity index (χ3n) is 3.82. The number of nitrogens with two attached hydrogens (primary N) is 1. The van der Waals surface area contributed by atoms with Gasteiger partial charge in [-0.15, -0.1) is 0 Å². The van der Waals surface area contributed by atoms with Gasteiger partial charge in [-0.3, -0.25) is 14.1 Å². The molecule has 0 atom stereocenters. The molecule has 136 valence electrons. The molecule has 0 aliphatic rings. The molecule has 3 aromatic rings. The highest BCUT2D eigenvalue weighted by Gasteiger charge is 2.25. The Morgan fingerprint density at radius 1 is 1.38 bits per heavy atom. The highest BCUT2D eigenvalue weighted by Crippen LogP contribution is 2.35. The highest BCUT2D eigenvalue weighted by atomic mass is 127. The lowest BCUT2D eigenvalue weighted by Gasteiger charge is -2.18. The van der Waals surface area contributed by atoms with Crippen molar-refractivity contribution in [3.8, 4) is 11.5 Å². The van der Waals surface area contributed by atoms with Crippen LogP contribution in [0.1, 0.15) is 15.9 Å². The van der Waals surface area contributed by atoms with E-state index in [4.69, 9.17) is 10.2 Å². The summed E-state index contributed by atoms with van der Waals surface area (Å²) in [6, 6.07) is 6.86. The number of carbonyl (C=O) groups is 1. The topological polar surface area (TPSA) is 119 Å². The number of primary amides is 1. The van der Waals surface area contributed by atoms with Crippen LogP contribution in [0.4, 0.5) is 5.82 Å². The number of hydrogen-bond acceptors (Lipinski definition) is 6. The number of alkyl halides is 1. The van der Waals surface area contributed by atoms with Gasteiger partial charge in [-0.25, -0.2) is 8.42 Å². The van der Waals surface area contributed by atoms with Crippen molar-refractivity contribution in [2.75, 3.05) is 17.6 Å². The van der Waals surface area contributed by atoms with Crippen molar-refractivity contribution in [2.24, 2.45) is 5.73 Å². The van der Waals surface area contributed by atoms with Crippen molar-refractivity contribution in [2.45, 2.75) is 4.43 Å². The van der Waals surface area contributed by atoms with Gasteiger partial charge in [-0.2, -0.15) is 4.98 Å². The van der Waals surface area contributed by atoms with Crippen molar-refractivity contribution >= 4 is 55.4 Å². The van der Waals surface area contributed by atoms with Gasteiger partial charge in [0.15, 0.2) is 5.76 Å². The quantitative estimate of drug-likeness (QED) is 0.437. The Kier molecular flexibility index (Phi) is 4.88. The van der Waals surface area contributed by atoms with Crippen LogP contribution in [-0.4, -0.2) is 37.6 Å². The van der Waals surface area contributed by atoms with E-state index in [1.165, 1.54) is 7.05 Å². The molecule has 3 aromatic heterocycles. The maximum atomic E-state index is 12.0. The van der Waals surface area contributed by atoms with Gasteiger partial charge in [0.05, 0.1) is 17.2 Å². The standard InChI is InChI=1S/C16H15IN4O4S/c1-21(26(2,23)24)15-9(8-17)7-10-12(14(18)22)13(25-16(10)20-15)11-5-3-4-6-19-11/h3-7H,8H2,1-2H3,(H2,18,22). The average Bonchev–Trinajstić information content (AvgIpc) is 2.98. The molecular formula is C16H15IN4O4S. The molecule has 0 saturated heterocycles. The van der Waals surface area contributed by atoms with Crippen LogP contribution in [0, 0.1) is 0 Å². The van der Waals surface area contributed by atoms with Crippen LogP contribution < -0.4 is 10.0 Å². The minimum absolute atomic E-state index is 0.124. The summed E-state index contributed by atoms with van der Waals surface area (Å²) < 4.78 is 31.1. The van der Waals surface area contributed by atoms with Crippen LogP contribution >= 0.6 is 22.6 Å². The second-order valence-electron chi connectivity index (χ2n) is 5.57. The van der Waals surface area contributed by atoms with Crippen LogP contribution in [0.2, 0.25) is 0 Å². The van der Waals surface area contributed by atoms with Crippen LogP contribution in [0.25, 0.3) is 22.6 Å². The number of pyridine rings is 2. The van der Waals surface area contributed by atoms with Gasteiger partial charge >= 0.3 is 0 Å². The maximum absolute atomic E-state index is 12.0. The monoisotopic (exact) mass is 486 g/mol. The molecular weight excluding hydrogens is 471 g/mol. The normalized spacial score (nSPS) is 11.7. The third kappa shape index (κ3) is 3.26. The number of amides is 1. The Hall–Kier alpha value is -2.21. The molecule has 0 spiro atoms. The van der Waals surface area contributed by atoms with Gasteiger partial charge in [-0.05, 0) is 18.2 Å². The van der Waals surface area contributed by atoms with Crippen molar-refractivity contribution in [1.82, 2.24) is 9.97 Å². The first-order valence-corrected chi connectivity index (χ1v) is 10.8. The molecule has 0 fully saturated rings. The molecule has 0 aliphatic carbocycles. The van der Waals surface area contributed by atoms with Crippen molar-refractivity contribution in [1.29, 1.82) is 0 Å². The molecule has 2 N–H and O–H groups in total. The molecule has 0 aliphatic heterocycles. The minimum atomic E-state index is -3.51. The van der Waals surface area contributed by atoms with E-state index in [9.17, 15) is 13.2 Å². The fraction of sp³-hybridized carbons (Fsp3) is 0.188. The van der Waals surface area contributed by atoms with Crippen LogP contribution in [0.5, 0.6) is 0 Å². The Labute approximate surface area is 163 Å². The van der Waals surface area contributed by atoms with E-state index in [-0.39, 0.29) is 22.9 Å². The SMILES string of the molecule is CN(c1nc2oc(-c3ccccn3)c(C(N)=O)c2cc1CI)S(C)(=O)=O. The number of anilines is 1. The fourth-order valence-electron chi connectivity index (χ4n) is 2.51. The Bertz CT molecular complexity index is 1100. The minimum Gasteiger partial charge on any atom is -0.435 e. The van der Waals surface area contributed by atoms with E-state index in [0.717, 1.165) is 10.6 Å². The van der Waals surface area contributed by atoms with E-state index in [2.05, 4.69) is 32.6 Å². The lowest BCUT2D eigenvalue weighted by atomic mass is 10.1. The molecule has 0 bridgehead atoms. The molecule has 26 heavy (non-hydrogen) atoms. The summed E-state index contributed by atoms with van der Waals surface area (Å²) in [5.74, 6) is -0.222. The lowest BCUT2D eigenvalue weighted by Crippen LogP contribution is -2.26. The van der Waals surface area contributed by atoms with Crippen LogP contribution in [0.15, 0.2) is 34.9 Å². The number of nitrogens with zero attached hydrogens (tertiary/aromatic N) is 3. The fourth-order valence-corrected chi connectivity index (χ4v) is 3.54. The molecule has 8 nitrogen and oxygen atoms in total. The van der Waals surface area contributed by atoms with Gasteiger partial charge in [0, 0.05) is 23.2 Å². The predicted molar refractivity (Wildman–Crippen MR) is 107 cm³/mol. The zero-order valence-corrected chi connectivity index (χ0v) is 16.9. The van der Waals surface area contributed by atoms with Gasteiger partial charge in [-0.1, -0.05) is 28.7 Å². The highest BCUT2D eigenvalue weighted by molar-refractivity contribution is 14.1. The first-order chi connectivity index (χ1) is 12.2. The smallest absolute Gasteiger partial charge is 0.253 e. The molecule has 1 amide bonds. The molecule has 10 heteroatoms. The predicted octanol–water partition coefficient (Wildman–Crippen LogP) is 2.32. The van der Waals surface area contributed by atoms with Crippen LogP contribution in [-0.2, 0) is 14.5 Å². The summed E-state index contributed by atoms with van der Waals surface area (Å²) in [5.41, 5.74) is 6.93. The molecule has 0 radical (unpaired) electrons. The van der Waals surface area contributed by atoms with E-state index >= 15 is 0 Å². The van der Waals surface area contributed by atoms with Crippen LogP contribution in [0.3, 0.4) is 0 Å². The Morgan fingerprint density at radius 2 is 2.12 bits per heavy atom. The number of carbonyl (C=O) groups excluding carboxylic acids is 1. The number of sulfonamides is 1. The lowest BCUT2D eigenvalue weighted by molar-refractivity contribution is 0.100. The number of rotatable bonds is 5. The zero-order chi connectivity index (χ0) is 19.1. The Balaban J connectivity index is 2.34. The molecule has 0 saturated carbocycles. The van der Waals surface area contributed by atoms with Crippen molar-refractivity contribution in [3.63, 3.8) is 0 Å². The third-order valence-corrected chi connectivity index (χ3v) is 5.81. The van der Waals surface area contributed by atoms with E-state index in [1.807, 2.05) is 0 Å². The number of halogens is 1. The van der Waals surface area contributed by atoms with E-state index < -0.39 is 15.9 Å². The number of furan rings is 1. The van der Waals surface area contributed by atoms with Gasteiger partial charge in [0.1, 0.15) is 11.5 Å².